The van der Waals surface area contributed by atoms with E-state index in [9.17, 15) is 13.6 Å². The Morgan fingerprint density at radius 2 is 2.00 bits per heavy atom. The summed E-state index contributed by atoms with van der Waals surface area (Å²) in [5, 5.41) is 11.7. The quantitative estimate of drug-likeness (QED) is 0.506. The highest BCUT2D eigenvalue weighted by atomic mass is 35.5. The van der Waals surface area contributed by atoms with E-state index in [0.717, 1.165) is 18.2 Å². The van der Waals surface area contributed by atoms with Gasteiger partial charge in [-0.2, -0.15) is 10.2 Å². The lowest BCUT2D eigenvalue weighted by atomic mass is 10.2. The van der Waals surface area contributed by atoms with Gasteiger partial charge in [0.2, 0.25) is 0 Å². The summed E-state index contributed by atoms with van der Waals surface area (Å²) >= 11 is 6.00. The number of aryl methyl sites for hydroxylation is 1. The summed E-state index contributed by atoms with van der Waals surface area (Å²) < 4.78 is 30.4. The number of hydrogen-bond donors (Lipinski definition) is 1. The van der Waals surface area contributed by atoms with Crippen LogP contribution in [0.1, 0.15) is 21.6 Å². The van der Waals surface area contributed by atoms with Crippen molar-refractivity contribution in [1.29, 1.82) is 0 Å². The number of nitrogens with zero attached hydrogens (tertiary/aromatic N) is 4. The first-order chi connectivity index (χ1) is 14.4. The van der Waals surface area contributed by atoms with E-state index in [1.807, 2.05) is 6.07 Å². The molecule has 4 aromatic rings. The second-order valence-corrected chi connectivity index (χ2v) is 7.09. The Morgan fingerprint density at radius 3 is 2.80 bits per heavy atom. The number of nitrogens with one attached hydrogen (secondary N) is 1. The summed E-state index contributed by atoms with van der Waals surface area (Å²) in [5.41, 5.74) is 1.69. The fraction of sp³-hybridized carbons (Fsp3) is 0.0952. The molecule has 2 heterocycles. The van der Waals surface area contributed by atoms with Gasteiger partial charge in [0.05, 0.1) is 18.4 Å². The molecule has 1 amide bonds. The highest BCUT2D eigenvalue weighted by Gasteiger charge is 2.17. The predicted octanol–water partition coefficient (Wildman–Crippen LogP) is 4.61. The molecule has 0 radical (unpaired) electrons. The number of hydrogen-bond acceptors (Lipinski definition) is 3. The lowest BCUT2D eigenvalue weighted by molar-refractivity contribution is 0.102. The van der Waals surface area contributed by atoms with Gasteiger partial charge in [-0.1, -0.05) is 17.7 Å². The van der Waals surface area contributed by atoms with Crippen molar-refractivity contribution in [1.82, 2.24) is 19.6 Å². The van der Waals surface area contributed by atoms with Gasteiger partial charge < -0.3 is 5.32 Å². The van der Waals surface area contributed by atoms with Crippen LogP contribution in [0.15, 0.2) is 60.9 Å². The molecule has 2 aromatic carbocycles. The van der Waals surface area contributed by atoms with E-state index >= 15 is 0 Å². The van der Waals surface area contributed by atoms with E-state index in [1.165, 1.54) is 15.6 Å². The number of halogens is 3. The maximum Gasteiger partial charge on any atom is 0.277 e. The maximum atomic E-state index is 14.0. The molecule has 2 aromatic heterocycles. The van der Waals surface area contributed by atoms with Gasteiger partial charge in [-0.15, -0.1) is 0 Å². The van der Waals surface area contributed by atoms with Crippen LogP contribution in [0.5, 0.6) is 0 Å². The third-order valence-electron chi connectivity index (χ3n) is 4.48. The van der Waals surface area contributed by atoms with E-state index in [0.29, 0.717) is 22.1 Å². The van der Waals surface area contributed by atoms with Gasteiger partial charge in [0.1, 0.15) is 17.5 Å². The molecule has 30 heavy (non-hydrogen) atoms. The van der Waals surface area contributed by atoms with Crippen LogP contribution in [0, 0.1) is 18.6 Å². The van der Waals surface area contributed by atoms with E-state index in [4.69, 9.17) is 11.6 Å². The fourth-order valence-corrected chi connectivity index (χ4v) is 3.15. The first-order valence-electron chi connectivity index (χ1n) is 9.00. The molecule has 1 N–H and O–H groups in total. The molecular weight excluding hydrogens is 412 g/mol. The van der Waals surface area contributed by atoms with Gasteiger partial charge in [0.25, 0.3) is 5.91 Å². The van der Waals surface area contributed by atoms with Gasteiger partial charge in [0.15, 0.2) is 5.69 Å². The number of rotatable bonds is 5. The molecule has 4 rings (SSSR count). The van der Waals surface area contributed by atoms with Crippen LogP contribution in [0.3, 0.4) is 0 Å². The molecule has 0 saturated carbocycles. The molecule has 0 bridgehead atoms. The smallest absolute Gasteiger partial charge is 0.277 e. The van der Waals surface area contributed by atoms with E-state index in [1.54, 1.807) is 37.4 Å². The van der Waals surface area contributed by atoms with Gasteiger partial charge in [0, 0.05) is 22.3 Å². The molecule has 9 heteroatoms. The van der Waals surface area contributed by atoms with Crippen molar-refractivity contribution in [2.75, 3.05) is 5.32 Å². The molecule has 0 aliphatic carbocycles. The zero-order valence-corrected chi connectivity index (χ0v) is 16.6. The summed E-state index contributed by atoms with van der Waals surface area (Å²) in [6, 6.07) is 11.8. The summed E-state index contributed by atoms with van der Waals surface area (Å²) in [6.45, 7) is 1.72. The predicted molar refractivity (Wildman–Crippen MR) is 109 cm³/mol. The van der Waals surface area contributed by atoms with Crippen LogP contribution in [-0.2, 0) is 6.54 Å². The molecule has 6 nitrogen and oxygen atoms in total. The minimum atomic E-state index is -0.554. The Balaban J connectivity index is 1.56. The molecule has 0 spiro atoms. The first kappa shape index (κ1) is 19.8. The van der Waals surface area contributed by atoms with Crippen LogP contribution in [0.25, 0.3) is 5.69 Å². The molecule has 152 valence electrons. The molecule has 0 fully saturated rings. The number of carbonyl (C=O) groups excluding carboxylic acids is 1. The Hall–Kier alpha value is -3.52. The number of anilines is 1. The van der Waals surface area contributed by atoms with Crippen LogP contribution >= 0.6 is 11.6 Å². The summed E-state index contributed by atoms with van der Waals surface area (Å²) in [4.78, 5) is 12.7. The van der Waals surface area contributed by atoms with Gasteiger partial charge in [-0.05, 0) is 49.4 Å². The summed E-state index contributed by atoms with van der Waals surface area (Å²) in [5.74, 6) is -1.18. The lowest BCUT2D eigenvalue weighted by Gasteiger charge is -2.10. The zero-order chi connectivity index (χ0) is 21.3. The van der Waals surface area contributed by atoms with Crippen molar-refractivity contribution < 1.29 is 13.6 Å². The lowest BCUT2D eigenvalue weighted by Crippen LogP contribution is -2.18. The minimum absolute atomic E-state index is 0.0377. The molecule has 0 saturated heterocycles. The van der Waals surface area contributed by atoms with E-state index in [-0.39, 0.29) is 17.8 Å². The van der Waals surface area contributed by atoms with Crippen molar-refractivity contribution in [3.05, 3.63) is 94.4 Å². The van der Waals surface area contributed by atoms with Crippen molar-refractivity contribution in [3.8, 4) is 5.69 Å². The first-order valence-corrected chi connectivity index (χ1v) is 9.38. The molecular formula is C21H16ClF2N5O. The maximum absolute atomic E-state index is 14.0. The third-order valence-corrected chi connectivity index (χ3v) is 4.71. The number of carbonyl (C=O) groups is 1. The third kappa shape index (κ3) is 4.08. The summed E-state index contributed by atoms with van der Waals surface area (Å²) in [6.07, 6.45) is 3.18. The van der Waals surface area contributed by atoms with Crippen molar-refractivity contribution >= 4 is 23.3 Å². The standard InChI is InChI=1S/C21H16ClF2N5O/c1-13-11-25-29(12-14-9-16(23)5-6-18(14)24)20(13)26-21(30)19-7-8-28(27-19)17-4-2-3-15(22)10-17/h2-11H,12H2,1H3,(H,26,30). The Labute approximate surface area is 175 Å². The number of amides is 1. The Kier molecular flexibility index (Phi) is 5.33. The van der Waals surface area contributed by atoms with Crippen LogP contribution in [-0.4, -0.2) is 25.5 Å². The minimum Gasteiger partial charge on any atom is -0.305 e. The van der Waals surface area contributed by atoms with Crippen LogP contribution in [0.2, 0.25) is 5.02 Å². The highest BCUT2D eigenvalue weighted by molar-refractivity contribution is 6.30. The average Bonchev–Trinajstić information content (AvgIpc) is 3.34. The monoisotopic (exact) mass is 427 g/mol. The number of benzene rings is 2. The zero-order valence-electron chi connectivity index (χ0n) is 15.8. The molecule has 0 aliphatic rings. The van der Waals surface area contributed by atoms with Crippen LogP contribution < -0.4 is 5.32 Å². The molecule has 0 aliphatic heterocycles. The van der Waals surface area contributed by atoms with Crippen molar-refractivity contribution in [2.45, 2.75) is 13.5 Å². The Bertz CT molecular complexity index is 1230. The largest absolute Gasteiger partial charge is 0.305 e. The second kappa shape index (κ2) is 8.08. The summed E-state index contributed by atoms with van der Waals surface area (Å²) in [7, 11) is 0. The van der Waals surface area contributed by atoms with E-state index in [2.05, 4.69) is 15.5 Å². The second-order valence-electron chi connectivity index (χ2n) is 6.65. The van der Waals surface area contributed by atoms with Crippen molar-refractivity contribution in [3.63, 3.8) is 0 Å². The van der Waals surface area contributed by atoms with Gasteiger partial charge in [-0.25, -0.2) is 18.1 Å². The Morgan fingerprint density at radius 1 is 1.17 bits per heavy atom. The average molecular weight is 428 g/mol. The van der Waals surface area contributed by atoms with Crippen LogP contribution in [0.4, 0.5) is 14.6 Å². The fourth-order valence-electron chi connectivity index (χ4n) is 2.97. The number of aromatic nitrogens is 4. The topological polar surface area (TPSA) is 64.7 Å². The van der Waals surface area contributed by atoms with Gasteiger partial charge in [-0.3, -0.25) is 4.79 Å². The van der Waals surface area contributed by atoms with Crippen molar-refractivity contribution in [2.24, 2.45) is 0 Å². The highest BCUT2D eigenvalue weighted by Crippen LogP contribution is 2.19. The SMILES string of the molecule is Cc1cnn(Cc2cc(F)ccc2F)c1NC(=O)c1ccn(-c2cccc(Cl)c2)n1. The normalized spacial score (nSPS) is 10.9. The van der Waals surface area contributed by atoms with E-state index < -0.39 is 17.5 Å². The molecule has 0 atom stereocenters. The van der Waals surface area contributed by atoms with Gasteiger partial charge >= 0.3 is 0 Å². The molecule has 0 unspecified atom stereocenters.